The molecule has 0 fully saturated rings. The number of amides is 2. The van der Waals surface area contributed by atoms with Crippen molar-refractivity contribution >= 4 is 34.8 Å². The van der Waals surface area contributed by atoms with Gasteiger partial charge >= 0.3 is 0 Å². The van der Waals surface area contributed by atoms with Gasteiger partial charge < -0.3 is 20.1 Å². The molecule has 0 atom stereocenters. The number of hydrogen-bond acceptors (Lipinski definition) is 4. The molecular formula is C17H17ClN2O4. The van der Waals surface area contributed by atoms with Crippen LogP contribution in [0.5, 0.6) is 11.5 Å². The van der Waals surface area contributed by atoms with Crippen LogP contribution in [0.15, 0.2) is 36.4 Å². The summed E-state index contributed by atoms with van der Waals surface area (Å²) in [5, 5.41) is 5.82. The van der Waals surface area contributed by atoms with E-state index < -0.39 is 5.91 Å². The minimum atomic E-state index is -0.417. The predicted molar refractivity (Wildman–Crippen MR) is 93.3 cm³/mol. The Morgan fingerprint density at radius 1 is 0.958 bits per heavy atom. The summed E-state index contributed by atoms with van der Waals surface area (Å²) in [5.41, 5.74) is 1.19. The predicted octanol–water partition coefficient (Wildman–Crippen LogP) is 3.57. The minimum absolute atomic E-state index is 0.233. The van der Waals surface area contributed by atoms with Gasteiger partial charge in [0.15, 0.2) is 0 Å². The summed E-state index contributed by atoms with van der Waals surface area (Å²) in [6.07, 6.45) is 0. The molecule has 2 rings (SSSR count). The number of methoxy groups -OCH3 is 2. The summed E-state index contributed by atoms with van der Waals surface area (Å²) >= 11 is 5.97. The molecule has 7 heteroatoms. The van der Waals surface area contributed by atoms with E-state index in [9.17, 15) is 9.59 Å². The zero-order chi connectivity index (χ0) is 17.7. The van der Waals surface area contributed by atoms with Crippen LogP contribution >= 0.6 is 11.6 Å². The van der Waals surface area contributed by atoms with Gasteiger partial charge in [0.2, 0.25) is 5.91 Å². The first-order chi connectivity index (χ1) is 11.4. The highest BCUT2D eigenvalue weighted by Crippen LogP contribution is 2.30. The molecule has 0 aromatic heterocycles. The first-order valence-electron chi connectivity index (χ1n) is 7.05. The average molecular weight is 349 g/mol. The highest BCUT2D eigenvalue weighted by molar-refractivity contribution is 6.31. The van der Waals surface area contributed by atoms with Gasteiger partial charge in [-0.2, -0.15) is 0 Å². The van der Waals surface area contributed by atoms with E-state index in [2.05, 4.69) is 10.6 Å². The van der Waals surface area contributed by atoms with Gasteiger partial charge in [-0.1, -0.05) is 11.6 Å². The van der Waals surface area contributed by atoms with Crippen LogP contribution in [0, 0.1) is 0 Å². The van der Waals surface area contributed by atoms with Gasteiger partial charge in [-0.3, -0.25) is 9.59 Å². The second-order valence-electron chi connectivity index (χ2n) is 4.89. The fourth-order valence-corrected chi connectivity index (χ4v) is 2.31. The van der Waals surface area contributed by atoms with Gasteiger partial charge in [-0.05, 0) is 36.4 Å². The lowest BCUT2D eigenvalue weighted by Gasteiger charge is -2.13. The number of rotatable bonds is 5. The maximum absolute atomic E-state index is 12.6. The number of carbonyl (C=O) groups excluding carboxylic acids is 2. The largest absolute Gasteiger partial charge is 0.496 e. The first-order valence-corrected chi connectivity index (χ1v) is 7.43. The zero-order valence-corrected chi connectivity index (χ0v) is 14.2. The van der Waals surface area contributed by atoms with Crippen molar-refractivity contribution in [3.8, 4) is 11.5 Å². The Balaban J connectivity index is 2.35. The third-order valence-electron chi connectivity index (χ3n) is 3.17. The number of carbonyl (C=O) groups is 2. The van der Waals surface area contributed by atoms with Crippen LogP contribution in [0.4, 0.5) is 11.4 Å². The van der Waals surface area contributed by atoms with E-state index in [0.717, 1.165) is 0 Å². The molecule has 0 spiro atoms. The van der Waals surface area contributed by atoms with Crippen molar-refractivity contribution in [3.05, 3.63) is 47.0 Å². The van der Waals surface area contributed by atoms with E-state index in [1.807, 2.05) is 0 Å². The number of nitrogens with one attached hydrogen (secondary N) is 2. The van der Waals surface area contributed by atoms with Gasteiger partial charge in [-0.25, -0.2) is 0 Å². The molecule has 24 heavy (non-hydrogen) atoms. The van der Waals surface area contributed by atoms with Crippen LogP contribution in [0.3, 0.4) is 0 Å². The smallest absolute Gasteiger partial charge is 0.259 e. The molecule has 2 amide bonds. The molecule has 0 radical (unpaired) electrons. The molecule has 0 aliphatic rings. The molecular weight excluding hydrogens is 332 g/mol. The van der Waals surface area contributed by atoms with E-state index >= 15 is 0 Å². The number of halogens is 1. The highest BCUT2D eigenvalue weighted by atomic mass is 35.5. The monoisotopic (exact) mass is 348 g/mol. The normalized spacial score (nSPS) is 10.0. The van der Waals surface area contributed by atoms with Crippen molar-refractivity contribution in [2.45, 2.75) is 6.92 Å². The van der Waals surface area contributed by atoms with Crippen LogP contribution in [-0.2, 0) is 4.79 Å². The Morgan fingerprint density at radius 2 is 1.62 bits per heavy atom. The molecule has 2 N–H and O–H groups in total. The lowest BCUT2D eigenvalue weighted by Crippen LogP contribution is -2.15. The van der Waals surface area contributed by atoms with Crippen LogP contribution in [0.2, 0.25) is 5.02 Å². The molecule has 0 aliphatic carbocycles. The summed E-state index contributed by atoms with van der Waals surface area (Å²) in [4.78, 5) is 23.8. The molecule has 0 heterocycles. The van der Waals surface area contributed by atoms with E-state index in [4.69, 9.17) is 21.1 Å². The fourth-order valence-electron chi connectivity index (χ4n) is 2.13. The summed E-state index contributed by atoms with van der Waals surface area (Å²) in [7, 11) is 2.96. The second kappa shape index (κ2) is 7.70. The van der Waals surface area contributed by atoms with Gasteiger partial charge in [-0.15, -0.1) is 0 Å². The summed E-state index contributed by atoms with van der Waals surface area (Å²) in [5.74, 6) is 0.204. The molecule has 0 saturated carbocycles. The third kappa shape index (κ3) is 4.17. The van der Waals surface area contributed by atoms with E-state index in [-0.39, 0.29) is 11.5 Å². The van der Waals surface area contributed by atoms with Crippen LogP contribution in [0.1, 0.15) is 17.3 Å². The first kappa shape index (κ1) is 17.6. The summed E-state index contributed by atoms with van der Waals surface area (Å²) in [6, 6.07) is 9.69. The molecule has 0 aliphatic heterocycles. The molecule has 6 nitrogen and oxygen atoms in total. The van der Waals surface area contributed by atoms with Crippen molar-refractivity contribution in [3.63, 3.8) is 0 Å². The Morgan fingerprint density at radius 3 is 2.25 bits per heavy atom. The van der Waals surface area contributed by atoms with Crippen molar-refractivity contribution in [2.24, 2.45) is 0 Å². The fraction of sp³-hybridized carbons (Fsp3) is 0.176. The van der Waals surface area contributed by atoms with Crippen LogP contribution in [0.25, 0.3) is 0 Å². The Kier molecular flexibility index (Phi) is 5.65. The molecule has 0 unspecified atom stereocenters. The lowest BCUT2D eigenvalue weighted by molar-refractivity contribution is -0.114. The van der Waals surface area contributed by atoms with Crippen molar-refractivity contribution < 1.29 is 19.1 Å². The van der Waals surface area contributed by atoms with Crippen molar-refractivity contribution in [1.82, 2.24) is 0 Å². The Hall–Kier alpha value is -2.73. The van der Waals surface area contributed by atoms with Crippen LogP contribution in [-0.4, -0.2) is 26.0 Å². The number of hydrogen-bond donors (Lipinski definition) is 2. The van der Waals surface area contributed by atoms with E-state index in [0.29, 0.717) is 27.9 Å². The Labute approximate surface area is 144 Å². The topological polar surface area (TPSA) is 76.7 Å². The average Bonchev–Trinajstić information content (AvgIpc) is 2.54. The Bertz CT molecular complexity index is 777. The van der Waals surface area contributed by atoms with Gasteiger partial charge in [0.05, 0.1) is 25.5 Å². The van der Waals surface area contributed by atoms with Gasteiger partial charge in [0, 0.05) is 17.6 Å². The molecule has 0 saturated heterocycles. The maximum Gasteiger partial charge on any atom is 0.259 e. The number of anilines is 2. The highest BCUT2D eigenvalue weighted by Gasteiger charge is 2.16. The second-order valence-corrected chi connectivity index (χ2v) is 5.33. The van der Waals surface area contributed by atoms with E-state index in [1.54, 1.807) is 30.3 Å². The van der Waals surface area contributed by atoms with Gasteiger partial charge in [0.25, 0.3) is 5.91 Å². The number of ether oxygens (including phenoxy) is 2. The zero-order valence-electron chi connectivity index (χ0n) is 13.5. The summed E-state index contributed by atoms with van der Waals surface area (Å²) in [6.45, 7) is 1.39. The molecule has 2 aromatic carbocycles. The quantitative estimate of drug-likeness (QED) is 0.866. The van der Waals surface area contributed by atoms with Gasteiger partial charge in [0.1, 0.15) is 11.5 Å². The number of benzene rings is 2. The van der Waals surface area contributed by atoms with Crippen molar-refractivity contribution in [1.29, 1.82) is 0 Å². The van der Waals surface area contributed by atoms with Crippen molar-refractivity contribution in [2.75, 3.05) is 24.9 Å². The lowest BCUT2D eigenvalue weighted by atomic mass is 10.1. The molecule has 126 valence electrons. The molecule has 0 bridgehead atoms. The van der Waals surface area contributed by atoms with Crippen LogP contribution < -0.4 is 20.1 Å². The third-order valence-corrected chi connectivity index (χ3v) is 3.41. The SMILES string of the molecule is COc1ccc(Cl)cc1NC(=O)c1cc(NC(C)=O)ccc1OC. The summed E-state index contributed by atoms with van der Waals surface area (Å²) < 4.78 is 10.4. The standard InChI is InChI=1S/C17H17ClN2O4/c1-10(21)19-12-5-7-15(23-2)13(9-12)17(22)20-14-8-11(18)4-6-16(14)24-3/h4-9H,1-3H3,(H,19,21)(H,20,22). The minimum Gasteiger partial charge on any atom is -0.496 e. The molecule has 2 aromatic rings. The van der Waals surface area contributed by atoms with E-state index in [1.165, 1.54) is 27.2 Å². The maximum atomic E-state index is 12.6.